The van der Waals surface area contributed by atoms with E-state index in [1.54, 1.807) is 18.4 Å². The Balaban J connectivity index is 1.69. The Morgan fingerprint density at radius 3 is 2.91 bits per heavy atom. The Bertz CT molecular complexity index is 517. The molecule has 0 aliphatic carbocycles. The van der Waals surface area contributed by atoms with Crippen molar-refractivity contribution in [3.63, 3.8) is 0 Å². The van der Waals surface area contributed by atoms with Crippen LogP contribution in [0.5, 0.6) is 0 Å². The van der Waals surface area contributed by atoms with Gasteiger partial charge in [-0.3, -0.25) is 9.69 Å². The molecule has 1 amide bonds. The predicted octanol–water partition coefficient (Wildman–Crippen LogP) is 2.49. The Morgan fingerprint density at radius 2 is 2.18 bits per heavy atom. The molecular formula is C17H26N2O2S. The van der Waals surface area contributed by atoms with Crippen LogP contribution in [0.4, 0.5) is 0 Å². The summed E-state index contributed by atoms with van der Waals surface area (Å²) in [6.45, 7) is 6.81. The van der Waals surface area contributed by atoms with E-state index in [9.17, 15) is 4.79 Å². The average Bonchev–Trinajstić information content (AvgIpc) is 2.84. The van der Waals surface area contributed by atoms with Crippen LogP contribution in [0, 0.1) is 5.92 Å². The summed E-state index contributed by atoms with van der Waals surface area (Å²) >= 11 is 1.65. The van der Waals surface area contributed by atoms with E-state index in [1.165, 1.54) is 17.7 Å². The van der Waals surface area contributed by atoms with Gasteiger partial charge in [0, 0.05) is 44.2 Å². The van der Waals surface area contributed by atoms with Gasteiger partial charge in [-0.15, -0.1) is 11.3 Å². The largest absolute Gasteiger partial charge is 0.383 e. The maximum Gasteiger partial charge on any atom is 0.263 e. The number of aryl methyl sites for hydroxylation is 1. The number of amides is 1. The van der Waals surface area contributed by atoms with Crippen LogP contribution >= 0.6 is 11.3 Å². The number of rotatable bonds is 5. The molecule has 4 heterocycles. The Kier molecular flexibility index (Phi) is 5.16. The molecule has 4 rings (SSSR count). The van der Waals surface area contributed by atoms with Crippen molar-refractivity contribution in [3.05, 3.63) is 21.9 Å². The summed E-state index contributed by atoms with van der Waals surface area (Å²) < 4.78 is 5.23. The third-order valence-corrected chi connectivity index (χ3v) is 6.14. The maximum atomic E-state index is 12.8. The van der Waals surface area contributed by atoms with Crippen LogP contribution < -0.4 is 0 Å². The maximum absolute atomic E-state index is 12.8. The second-order valence-corrected chi connectivity index (χ2v) is 7.58. The zero-order chi connectivity index (χ0) is 15.5. The fraction of sp³-hybridized carbons (Fsp3) is 0.706. The highest BCUT2D eigenvalue weighted by Crippen LogP contribution is 2.29. The third-order valence-electron chi connectivity index (χ3n) is 4.92. The molecule has 0 spiro atoms. The van der Waals surface area contributed by atoms with Gasteiger partial charge in [-0.1, -0.05) is 6.92 Å². The summed E-state index contributed by atoms with van der Waals surface area (Å²) in [6.07, 6.45) is 3.47. The molecule has 3 fully saturated rings. The minimum Gasteiger partial charge on any atom is -0.383 e. The summed E-state index contributed by atoms with van der Waals surface area (Å²) in [6, 6.07) is 4.60. The van der Waals surface area contributed by atoms with E-state index in [0.717, 1.165) is 44.1 Å². The van der Waals surface area contributed by atoms with E-state index < -0.39 is 0 Å². The average molecular weight is 322 g/mol. The monoisotopic (exact) mass is 322 g/mol. The first-order valence-electron chi connectivity index (χ1n) is 8.32. The minimum absolute atomic E-state index is 0.232. The number of hydrogen-bond donors (Lipinski definition) is 0. The Morgan fingerprint density at radius 1 is 1.32 bits per heavy atom. The lowest BCUT2D eigenvalue weighted by molar-refractivity contribution is 0.0722. The smallest absolute Gasteiger partial charge is 0.263 e. The van der Waals surface area contributed by atoms with Crippen molar-refractivity contribution in [1.29, 1.82) is 0 Å². The molecule has 5 heteroatoms. The van der Waals surface area contributed by atoms with Crippen LogP contribution in [-0.4, -0.2) is 61.6 Å². The fourth-order valence-electron chi connectivity index (χ4n) is 3.67. The third kappa shape index (κ3) is 3.36. The quantitative estimate of drug-likeness (QED) is 0.835. The summed E-state index contributed by atoms with van der Waals surface area (Å²) in [7, 11) is 1.76. The van der Waals surface area contributed by atoms with Crippen molar-refractivity contribution in [2.45, 2.75) is 32.2 Å². The first kappa shape index (κ1) is 16.0. The molecule has 0 N–H and O–H groups in total. The highest BCUT2D eigenvalue weighted by molar-refractivity contribution is 7.14. The van der Waals surface area contributed by atoms with Gasteiger partial charge in [0.15, 0.2) is 0 Å². The van der Waals surface area contributed by atoms with Crippen molar-refractivity contribution in [1.82, 2.24) is 9.80 Å². The summed E-state index contributed by atoms with van der Waals surface area (Å²) in [5.74, 6) is 0.848. The van der Waals surface area contributed by atoms with Crippen molar-refractivity contribution < 1.29 is 9.53 Å². The molecule has 0 unspecified atom stereocenters. The van der Waals surface area contributed by atoms with Crippen LogP contribution in [0.25, 0.3) is 0 Å². The number of piperidine rings is 1. The van der Waals surface area contributed by atoms with E-state index in [1.807, 2.05) is 6.07 Å². The lowest BCUT2D eigenvalue weighted by atomic mass is 9.95. The minimum atomic E-state index is 0.232. The Hall–Kier alpha value is -0.910. The highest BCUT2D eigenvalue weighted by Gasteiger charge is 2.36. The topological polar surface area (TPSA) is 32.8 Å². The normalized spacial score (nSPS) is 25.5. The molecule has 122 valence electrons. The van der Waals surface area contributed by atoms with Crippen molar-refractivity contribution in [2.75, 3.05) is 39.9 Å². The van der Waals surface area contributed by atoms with Gasteiger partial charge >= 0.3 is 0 Å². The lowest BCUT2D eigenvalue weighted by Gasteiger charge is -2.35. The van der Waals surface area contributed by atoms with Crippen LogP contribution in [0.2, 0.25) is 0 Å². The number of ether oxygens (including phenoxy) is 1. The van der Waals surface area contributed by atoms with Gasteiger partial charge in [0.1, 0.15) is 0 Å². The van der Waals surface area contributed by atoms with E-state index >= 15 is 0 Å². The summed E-state index contributed by atoms with van der Waals surface area (Å²) in [5.41, 5.74) is 0. The first-order valence-corrected chi connectivity index (χ1v) is 9.14. The van der Waals surface area contributed by atoms with Crippen LogP contribution in [0.15, 0.2) is 12.1 Å². The molecule has 0 aromatic carbocycles. The van der Waals surface area contributed by atoms with Crippen molar-refractivity contribution >= 4 is 17.2 Å². The van der Waals surface area contributed by atoms with E-state index in [2.05, 4.69) is 22.8 Å². The van der Waals surface area contributed by atoms with Crippen LogP contribution in [0.1, 0.15) is 34.3 Å². The van der Waals surface area contributed by atoms with Crippen LogP contribution in [0.3, 0.4) is 0 Å². The number of thiophene rings is 1. The van der Waals surface area contributed by atoms with Gasteiger partial charge in [-0.05, 0) is 37.3 Å². The van der Waals surface area contributed by atoms with Gasteiger partial charge in [-0.25, -0.2) is 0 Å². The molecule has 2 bridgehead atoms. The lowest BCUT2D eigenvalue weighted by Crippen LogP contribution is -2.45. The molecule has 4 nitrogen and oxygen atoms in total. The standard InChI is InChI=1S/C17H26N2O2S/c1-3-15-6-7-16(22-15)17(20)19-11-13-4-5-14(12-19)18(10-13)8-9-21-2/h6-7,13-14H,3-5,8-12H2,1-2H3/t13-,14-/m1/s1. The van der Waals surface area contributed by atoms with Gasteiger partial charge in [-0.2, -0.15) is 0 Å². The number of hydrogen-bond acceptors (Lipinski definition) is 4. The van der Waals surface area contributed by atoms with Gasteiger partial charge in [0.05, 0.1) is 11.5 Å². The molecule has 22 heavy (non-hydrogen) atoms. The predicted molar refractivity (Wildman–Crippen MR) is 89.6 cm³/mol. The van der Waals surface area contributed by atoms with E-state index in [0.29, 0.717) is 12.0 Å². The number of carbonyl (C=O) groups is 1. The van der Waals surface area contributed by atoms with Crippen LogP contribution in [-0.2, 0) is 11.2 Å². The second kappa shape index (κ2) is 7.11. The number of carbonyl (C=O) groups excluding carboxylic acids is 1. The molecule has 0 radical (unpaired) electrons. The van der Waals surface area contributed by atoms with E-state index in [-0.39, 0.29) is 5.91 Å². The molecule has 0 saturated carbocycles. The molecular weight excluding hydrogens is 296 g/mol. The molecule has 1 aromatic heterocycles. The zero-order valence-corrected chi connectivity index (χ0v) is 14.4. The molecule has 3 saturated heterocycles. The zero-order valence-electron chi connectivity index (χ0n) is 13.6. The molecule has 2 atom stereocenters. The molecule has 3 aliphatic rings. The summed E-state index contributed by atoms with van der Waals surface area (Å²) in [4.78, 5) is 19.6. The molecule has 1 aromatic rings. The van der Waals surface area contributed by atoms with Gasteiger partial charge in [0.2, 0.25) is 0 Å². The van der Waals surface area contributed by atoms with Crippen molar-refractivity contribution in [2.24, 2.45) is 5.92 Å². The Labute approximate surface area is 137 Å². The second-order valence-electron chi connectivity index (χ2n) is 6.41. The summed E-state index contributed by atoms with van der Waals surface area (Å²) in [5, 5.41) is 0. The SMILES string of the molecule is CCc1ccc(C(=O)N2C[C@@H]3CC[C@H](C2)N(CCOC)C3)s1. The number of nitrogens with zero attached hydrogens (tertiary/aromatic N) is 2. The molecule has 3 aliphatic heterocycles. The van der Waals surface area contributed by atoms with E-state index in [4.69, 9.17) is 4.74 Å². The number of methoxy groups -OCH3 is 1. The highest BCUT2D eigenvalue weighted by atomic mass is 32.1. The van der Waals surface area contributed by atoms with Gasteiger partial charge in [0.25, 0.3) is 5.91 Å². The fourth-order valence-corrected chi connectivity index (χ4v) is 4.58. The van der Waals surface area contributed by atoms with Crippen molar-refractivity contribution in [3.8, 4) is 0 Å². The van der Waals surface area contributed by atoms with Gasteiger partial charge < -0.3 is 9.64 Å². The number of fused-ring (bicyclic) bond motifs is 4. The first-order chi connectivity index (χ1) is 10.7.